The third kappa shape index (κ3) is 7.74. The SMILES string of the molecule is CC(C)CC(C(=O)c1nnc(SCCN(C)C)o1)N(C=O)C1CCCCCCC1. The van der Waals surface area contributed by atoms with Gasteiger partial charge >= 0.3 is 0 Å². The number of hydrogen-bond donors (Lipinski definition) is 0. The van der Waals surface area contributed by atoms with Crippen molar-refractivity contribution in [2.45, 2.75) is 82.5 Å². The Morgan fingerprint density at radius 2 is 1.83 bits per heavy atom. The lowest BCUT2D eigenvalue weighted by Crippen LogP contribution is -2.47. The maximum atomic E-state index is 13.3. The third-order valence-corrected chi connectivity index (χ3v) is 6.16. The van der Waals surface area contributed by atoms with Crippen molar-refractivity contribution in [3.63, 3.8) is 0 Å². The molecule has 1 aromatic rings. The summed E-state index contributed by atoms with van der Waals surface area (Å²) in [5, 5.41) is 8.42. The molecule has 0 N–H and O–H groups in total. The van der Waals surface area contributed by atoms with Gasteiger partial charge in [-0.2, -0.15) is 0 Å². The molecular formula is C21H36N4O3S. The molecule has 0 aliphatic heterocycles. The predicted octanol–water partition coefficient (Wildman–Crippen LogP) is 3.89. The molecule has 2 rings (SSSR count). The number of amides is 1. The highest BCUT2D eigenvalue weighted by Gasteiger charge is 2.34. The molecule has 0 bridgehead atoms. The number of nitrogens with zero attached hydrogens (tertiary/aromatic N) is 4. The molecule has 1 unspecified atom stereocenters. The molecule has 7 nitrogen and oxygen atoms in total. The lowest BCUT2D eigenvalue weighted by molar-refractivity contribution is -0.122. The van der Waals surface area contributed by atoms with E-state index in [0.717, 1.165) is 44.4 Å². The molecule has 1 atom stereocenters. The van der Waals surface area contributed by atoms with Crippen LogP contribution in [0.25, 0.3) is 0 Å². The van der Waals surface area contributed by atoms with E-state index in [0.29, 0.717) is 11.6 Å². The first kappa shape index (κ1) is 23.9. The second-order valence-corrected chi connectivity index (χ2v) is 9.63. The largest absolute Gasteiger partial charge is 0.408 e. The van der Waals surface area contributed by atoms with Gasteiger partial charge in [-0.1, -0.05) is 57.7 Å². The van der Waals surface area contributed by atoms with Crippen LogP contribution in [0.15, 0.2) is 9.64 Å². The minimum Gasteiger partial charge on any atom is -0.408 e. The highest BCUT2D eigenvalue weighted by molar-refractivity contribution is 7.99. The summed E-state index contributed by atoms with van der Waals surface area (Å²) < 4.78 is 5.65. The number of hydrogen-bond acceptors (Lipinski definition) is 7. The Morgan fingerprint density at radius 3 is 2.41 bits per heavy atom. The van der Waals surface area contributed by atoms with Crippen molar-refractivity contribution in [3.05, 3.63) is 5.89 Å². The van der Waals surface area contributed by atoms with Crippen LogP contribution in [0.5, 0.6) is 0 Å². The van der Waals surface area contributed by atoms with E-state index in [9.17, 15) is 9.59 Å². The number of thioether (sulfide) groups is 1. The monoisotopic (exact) mass is 424 g/mol. The van der Waals surface area contributed by atoms with Gasteiger partial charge in [-0.3, -0.25) is 9.59 Å². The van der Waals surface area contributed by atoms with E-state index >= 15 is 0 Å². The molecule has 0 aromatic carbocycles. The fourth-order valence-corrected chi connectivity index (χ4v) is 4.65. The Balaban J connectivity index is 2.13. The second-order valence-electron chi connectivity index (χ2n) is 8.59. The molecule has 0 spiro atoms. The van der Waals surface area contributed by atoms with E-state index in [1.165, 1.54) is 31.0 Å². The number of carbonyl (C=O) groups excluding carboxylic acids is 2. The summed E-state index contributed by atoms with van der Waals surface area (Å²) in [4.78, 5) is 29.1. The smallest absolute Gasteiger partial charge is 0.286 e. The van der Waals surface area contributed by atoms with E-state index in [1.54, 1.807) is 4.90 Å². The fraction of sp³-hybridized carbons (Fsp3) is 0.810. The van der Waals surface area contributed by atoms with Crippen molar-refractivity contribution in [3.8, 4) is 0 Å². The van der Waals surface area contributed by atoms with Crippen LogP contribution in [0.1, 0.15) is 75.9 Å². The summed E-state index contributed by atoms with van der Waals surface area (Å²) >= 11 is 1.44. The van der Waals surface area contributed by atoms with Crippen molar-refractivity contribution in [1.82, 2.24) is 20.0 Å². The van der Waals surface area contributed by atoms with Crippen LogP contribution in [-0.4, -0.2) is 70.7 Å². The average molecular weight is 425 g/mol. The summed E-state index contributed by atoms with van der Waals surface area (Å²) in [5.41, 5.74) is 0. The number of carbonyl (C=O) groups is 2. The number of Topliss-reactive ketones (excluding diaryl/α,β-unsaturated/α-hetero) is 1. The lowest BCUT2D eigenvalue weighted by Gasteiger charge is -2.35. The Bertz CT molecular complexity index is 627. The van der Waals surface area contributed by atoms with Crippen molar-refractivity contribution in [2.75, 3.05) is 26.4 Å². The molecule has 164 valence electrons. The quantitative estimate of drug-likeness (QED) is 0.303. The molecule has 0 radical (unpaired) electrons. The summed E-state index contributed by atoms with van der Waals surface area (Å²) in [6.45, 7) is 5.02. The number of rotatable bonds is 11. The summed E-state index contributed by atoms with van der Waals surface area (Å²) in [6.07, 6.45) is 9.23. The molecule has 1 aliphatic carbocycles. The van der Waals surface area contributed by atoms with Crippen molar-refractivity contribution in [1.29, 1.82) is 0 Å². The minimum absolute atomic E-state index is 0.0145. The maximum absolute atomic E-state index is 13.3. The first-order valence-electron chi connectivity index (χ1n) is 10.8. The van der Waals surface area contributed by atoms with E-state index in [2.05, 4.69) is 28.9 Å². The van der Waals surface area contributed by atoms with Crippen LogP contribution >= 0.6 is 11.8 Å². The normalized spacial score (nSPS) is 17.2. The van der Waals surface area contributed by atoms with Gasteiger partial charge < -0.3 is 14.2 Å². The zero-order chi connectivity index (χ0) is 21.2. The van der Waals surface area contributed by atoms with Gasteiger partial charge in [-0.25, -0.2) is 0 Å². The molecule has 1 saturated carbocycles. The molecule has 1 aromatic heterocycles. The molecule has 0 saturated heterocycles. The second kappa shape index (κ2) is 12.3. The van der Waals surface area contributed by atoms with Crippen LogP contribution < -0.4 is 0 Å². The minimum atomic E-state index is -0.544. The van der Waals surface area contributed by atoms with Gasteiger partial charge in [0.05, 0.1) is 0 Å². The first-order chi connectivity index (χ1) is 13.9. The van der Waals surface area contributed by atoms with Gasteiger partial charge in [0.25, 0.3) is 11.1 Å². The molecule has 1 fully saturated rings. The van der Waals surface area contributed by atoms with Crippen molar-refractivity contribution >= 4 is 24.0 Å². The third-order valence-electron chi connectivity index (χ3n) is 5.36. The van der Waals surface area contributed by atoms with Gasteiger partial charge in [-0.15, -0.1) is 10.2 Å². The molecule has 29 heavy (non-hydrogen) atoms. The Kier molecular flexibility index (Phi) is 10.1. The predicted molar refractivity (Wildman–Crippen MR) is 115 cm³/mol. The van der Waals surface area contributed by atoms with E-state index in [1.807, 2.05) is 14.1 Å². The summed E-state index contributed by atoms with van der Waals surface area (Å²) in [6, 6.07) is -0.436. The van der Waals surface area contributed by atoms with Gasteiger partial charge in [0.2, 0.25) is 12.2 Å². The maximum Gasteiger partial charge on any atom is 0.286 e. The Labute approximate surface area is 179 Å². The molecular weight excluding hydrogens is 388 g/mol. The molecule has 8 heteroatoms. The van der Waals surface area contributed by atoms with Crippen molar-refractivity contribution < 1.29 is 14.0 Å². The summed E-state index contributed by atoms with van der Waals surface area (Å²) in [7, 11) is 4.01. The highest BCUT2D eigenvalue weighted by atomic mass is 32.2. The average Bonchev–Trinajstić information content (AvgIpc) is 3.10. The Hall–Kier alpha value is -1.41. The number of aromatic nitrogens is 2. The van der Waals surface area contributed by atoms with Crippen LogP contribution in [-0.2, 0) is 4.79 Å². The Morgan fingerprint density at radius 1 is 1.17 bits per heavy atom. The molecule has 1 aliphatic rings. The summed E-state index contributed by atoms with van der Waals surface area (Å²) in [5.74, 6) is 0.859. The van der Waals surface area contributed by atoms with Gasteiger partial charge in [0.15, 0.2) is 0 Å². The van der Waals surface area contributed by atoms with Crippen LogP contribution in [0.2, 0.25) is 0 Å². The highest BCUT2D eigenvalue weighted by Crippen LogP contribution is 2.26. The lowest BCUT2D eigenvalue weighted by atomic mass is 9.92. The van der Waals surface area contributed by atoms with Gasteiger partial charge in [-0.05, 0) is 39.3 Å². The zero-order valence-corrected chi connectivity index (χ0v) is 19.1. The van der Waals surface area contributed by atoms with Crippen LogP contribution in [0, 0.1) is 5.92 Å². The number of ketones is 1. The topological polar surface area (TPSA) is 79.5 Å². The van der Waals surface area contributed by atoms with E-state index in [4.69, 9.17) is 4.42 Å². The van der Waals surface area contributed by atoms with E-state index in [-0.39, 0.29) is 23.6 Å². The van der Waals surface area contributed by atoms with Gasteiger partial charge in [0, 0.05) is 18.3 Å². The van der Waals surface area contributed by atoms with E-state index < -0.39 is 6.04 Å². The molecule has 1 amide bonds. The van der Waals surface area contributed by atoms with Gasteiger partial charge in [0.1, 0.15) is 6.04 Å². The first-order valence-corrected chi connectivity index (χ1v) is 11.8. The van der Waals surface area contributed by atoms with Crippen molar-refractivity contribution in [2.24, 2.45) is 5.92 Å². The zero-order valence-electron chi connectivity index (χ0n) is 18.3. The molecule has 1 heterocycles. The fourth-order valence-electron chi connectivity index (χ4n) is 3.78. The van der Waals surface area contributed by atoms with Crippen LogP contribution in [0.3, 0.4) is 0 Å². The standard InChI is InChI=1S/C21H36N4O3S/c1-16(2)14-18(25(15-26)17-10-8-6-5-7-9-11-17)19(27)20-22-23-21(28-20)29-13-12-24(3)4/h15-18H,5-14H2,1-4H3. The van der Waals surface area contributed by atoms with Crippen LogP contribution in [0.4, 0.5) is 0 Å².